The van der Waals surface area contributed by atoms with E-state index < -0.39 is 5.96 Å². The van der Waals surface area contributed by atoms with Gasteiger partial charge in [-0.05, 0) is 0 Å². The first-order valence-corrected chi connectivity index (χ1v) is 9.70. The average Bonchev–Trinajstić information content (AvgIpc) is 1.77. The first kappa shape index (κ1) is 18.9. The van der Waals surface area contributed by atoms with Crippen LogP contribution in [0.3, 0.4) is 0 Å². The maximum atomic E-state index is 4.19. The molecule has 0 saturated heterocycles. The minimum absolute atomic E-state index is 0. The van der Waals surface area contributed by atoms with Gasteiger partial charge in [-0.15, -0.1) is 0 Å². The van der Waals surface area contributed by atoms with Crippen LogP contribution in [0.15, 0.2) is 0 Å². The molecule has 15 heavy (non-hydrogen) atoms. The Kier molecular flexibility index (Phi) is 6.38. The molecule has 0 unspecified atom stereocenters. The Balaban J connectivity index is 0. The second kappa shape index (κ2) is 5.06. The minimum Gasteiger partial charge on any atom is 0 e. The van der Waals surface area contributed by atoms with Gasteiger partial charge in [-0.25, -0.2) is 0 Å². The molecule has 0 aliphatic rings. The molecule has 0 rings (SSSR count). The molecule has 0 aliphatic carbocycles. The van der Waals surface area contributed by atoms with E-state index in [4.69, 9.17) is 0 Å². The van der Waals surface area contributed by atoms with Crippen LogP contribution in [0.4, 0.5) is 0 Å². The predicted octanol–water partition coefficient (Wildman–Crippen LogP) is 5.44. The molecule has 0 bridgehead atoms. The zero-order valence-corrected chi connectivity index (χ0v) is 15.8. The molecule has 0 spiro atoms. The van der Waals surface area contributed by atoms with Crippen molar-refractivity contribution in [3.05, 3.63) is 0 Å². The summed E-state index contributed by atoms with van der Waals surface area (Å²) in [4.78, 5) is 0. The predicted molar refractivity (Wildman–Crippen MR) is 76.5 cm³/mol. The van der Waals surface area contributed by atoms with Gasteiger partial charge < -0.3 is 0 Å². The van der Waals surface area contributed by atoms with Crippen LogP contribution in [-0.4, -0.2) is 15.5 Å². The summed E-state index contributed by atoms with van der Waals surface area (Å²) in [5.74, 6) is -1.54. The van der Waals surface area contributed by atoms with Crippen molar-refractivity contribution < 1.29 is 20.4 Å². The Morgan fingerprint density at radius 1 is 0.600 bits per heavy atom. The third kappa shape index (κ3) is 3.51. The molecule has 0 aliphatic heterocycles. The average molecular weight is 390 g/mol. The van der Waals surface area contributed by atoms with E-state index in [0.717, 1.165) is 0 Å². The maximum Gasteiger partial charge on any atom is 0 e. The summed E-state index contributed by atoms with van der Waals surface area (Å²) in [7, 11) is 0. The van der Waals surface area contributed by atoms with Crippen molar-refractivity contribution in [1.82, 2.24) is 0 Å². The van der Waals surface area contributed by atoms with Gasteiger partial charge >= 0.3 is 99.2 Å². The van der Waals surface area contributed by atoms with Crippen molar-refractivity contribution in [3.8, 4) is 0 Å². The van der Waals surface area contributed by atoms with Crippen LogP contribution in [0.5, 0.6) is 0 Å². The number of hydrogen-bond donors (Lipinski definition) is 0. The Labute approximate surface area is 119 Å². The van der Waals surface area contributed by atoms with Crippen LogP contribution in [-0.2, 0) is 20.4 Å². The molecule has 0 aromatic rings. The van der Waals surface area contributed by atoms with Crippen molar-refractivity contribution in [3.63, 3.8) is 0 Å². The molecule has 98 valence electrons. The second-order valence-corrected chi connectivity index (χ2v) is 16.8. The third-order valence-electron chi connectivity index (χ3n) is 3.10. The topological polar surface area (TPSA) is 0 Å². The molecule has 0 amide bonds. The third-order valence-corrected chi connectivity index (χ3v) is 20.0. The van der Waals surface area contributed by atoms with E-state index in [1.54, 1.807) is 0 Å². The minimum atomic E-state index is -1.54. The van der Waals surface area contributed by atoms with E-state index in [0.29, 0.717) is 15.5 Å². The molecule has 0 atom stereocenters. The summed E-state index contributed by atoms with van der Waals surface area (Å²) in [6.45, 7) is 21.4. The van der Waals surface area contributed by atoms with Gasteiger partial charge in [0.2, 0.25) is 0 Å². The first-order valence-electron chi connectivity index (χ1n) is 5.44. The van der Waals surface area contributed by atoms with Crippen molar-refractivity contribution in [1.29, 1.82) is 0 Å². The molecular weight excluding hydrogens is 361 g/mol. The van der Waals surface area contributed by atoms with Crippen LogP contribution in [0.25, 0.3) is 0 Å². The molecule has 0 radical (unpaired) electrons. The molecule has 0 nitrogen and oxygen atoms in total. The maximum absolute atomic E-state index is 4.19. The monoisotopic (exact) mass is 388 g/mol. The van der Waals surface area contributed by atoms with Crippen molar-refractivity contribution >= 4 is 21.5 Å². The van der Waals surface area contributed by atoms with E-state index in [1.165, 1.54) is 0 Å². The molecule has 0 fully saturated rings. The zero-order valence-electron chi connectivity index (χ0n) is 11.7. The molecule has 3 heteroatoms. The standard InChI is InChI=1S/C12H28BrP.Pd/c1-10(2,3)14(13,11(4,5)6)12(7,8)9;/h14H,1-9H3;. The van der Waals surface area contributed by atoms with E-state index in [2.05, 4.69) is 77.8 Å². The van der Waals surface area contributed by atoms with Crippen LogP contribution in [0.2, 0.25) is 0 Å². The summed E-state index contributed by atoms with van der Waals surface area (Å²) in [6, 6.07) is 0. The van der Waals surface area contributed by atoms with Gasteiger partial charge in [0.1, 0.15) is 0 Å². The number of halogens is 1. The fourth-order valence-corrected chi connectivity index (χ4v) is 10.1. The fraction of sp³-hybridized carbons (Fsp3) is 1.00. The normalized spacial score (nSPS) is 15.9. The summed E-state index contributed by atoms with van der Waals surface area (Å²) in [5.41, 5.74) is 0. The fourth-order valence-electron chi connectivity index (χ4n) is 3.38. The van der Waals surface area contributed by atoms with Crippen LogP contribution >= 0.6 is 21.5 Å². The van der Waals surface area contributed by atoms with Gasteiger partial charge in [-0.1, -0.05) is 0 Å². The Hall–Kier alpha value is 1.57. The van der Waals surface area contributed by atoms with Crippen LogP contribution in [0.1, 0.15) is 62.3 Å². The smallest absolute Gasteiger partial charge is 0 e. The van der Waals surface area contributed by atoms with Gasteiger partial charge in [0.25, 0.3) is 0 Å². The second-order valence-electron chi connectivity index (χ2n) is 7.41. The van der Waals surface area contributed by atoms with E-state index in [9.17, 15) is 0 Å². The Bertz CT molecular complexity index is 169. The van der Waals surface area contributed by atoms with Crippen LogP contribution < -0.4 is 0 Å². The van der Waals surface area contributed by atoms with Crippen molar-refractivity contribution in [2.75, 3.05) is 0 Å². The van der Waals surface area contributed by atoms with Gasteiger partial charge in [-0.3, -0.25) is 0 Å². The van der Waals surface area contributed by atoms with Gasteiger partial charge in [0, 0.05) is 20.4 Å². The summed E-state index contributed by atoms with van der Waals surface area (Å²) in [5, 5.41) is 1.14. The van der Waals surface area contributed by atoms with E-state index in [1.807, 2.05) is 0 Å². The zero-order chi connectivity index (χ0) is 12.0. The van der Waals surface area contributed by atoms with Crippen molar-refractivity contribution in [2.45, 2.75) is 77.8 Å². The largest absolute Gasteiger partial charge is 0 e. The first-order chi connectivity index (χ1) is 5.75. The molecule has 0 aromatic carbocycles. The molecule has 0 heterocycles. The summed E-state index contributed by atoms with van der Waals surface area (Å²) < 4.78 is 0. The molecular formula is C12H28BrPPd. The van der Waals surface area contributed by atoms with Crippen LogP contribution in [0, 0.1) is 0 Å². The molecule has 0 saturated carbocycles. The van der Waals surface area contributed by atoms with Gasteiger partial charge in [-0.2, -0.15) is 0 Å². The quantitative estimate of drug-likeness (QED) is 0.382. The SMILES string of the molecule is CC(C)(C)[PH](Br)(C(C)(C)C)C(C)(C)C.[Pd]. The number of rotatable bonds is 0. The summed E-state index contributed by atoms with van der Waals surface area (Å²) in [6.07, 6.45) is 0. The molecule has 0 N–H and O–H groups in total. The Morgan fingerprint density at radius 3 is 0.733 bits per heavy atom. The summed E-state index contributed by atoms with van der Waals surface area (Å²) >= 11 is 4.19. The van der Waals surface area contributed by atoms with Gasteiger partial charge in [0.05, 0.1) is 0 Å². The number of hydrogen-bond acceptors (Lipinski definition) is 0. The van der Waals surface area contributed by atoms with Crippen molar-refractivity contribution in [2.24, 2.45) is 0 Å². The Morgan fingerprint density at radius 2 is 0.733 bits per heavy atom. The van der Waals surface area contributed by atoms with E-state index in [-0.39, 0.29) is 20.4 Å². The van der Waals surface area contributed by atoms with E-state index >= 15 is 0 Å². The molecule has 0 aromatic heterocycles. The van der Waals surface area contributed by atoms with Gasteiger partial charge in [0.15, 0.2) is 0 Å².